The van der Waals surface area contributed by atoms with Crippen LogP contribution in [0.2, 0.25) is 5.02 Å². The Morgan fingerprint density at radius 2 is 1.53 bits per heavy atom. The summed E-state index contributed by atoms with van der Waals surface area (Å²) >= 11 is 6.23. The fraction of sp³-hybridized carbons (Fsp3) is 0.481. The van der Waals surface area contributed by atoms with E-state index in [4.69, 9.17) is 17.3 Å². The first-order valence-electron chi connectivity index (χ1n) is 12.3. The fourth-order valence-corrected chi connectivity index (χ4v) is 5.46. The van der Waals surface area contributed by atoms with Crippen molar-refractivity contribution in [2.45, 2.75) is 69.9 Å². The Morgan fingerprint density at radius 3 is 2.21 bits per heavy atom. The summed E-state index contributed by atoms with van der Waals surface area (Å²) in [6, 6.07) is 10.8. The number of hydrogen-bond acceptors (Lipinski definition) is 3. The molecule has 0 atom stereocenters. The van der Waals surface area contributed by atoms with Gasteiger partial charge in [-0.25, -0.2) is 4.39 Å². The van der Waals surface area contributed by atoms with E-state index in [9.17, 15) is 14.0 Å². The lowest BCUT2D eigenvalue weighted by Crippen LogP contribution is -2.38. The monoisotopic (exact) mass is 485 g/mol. The second-order valence-corrected chi connectivity index (χ2v) is 10.3. The Kier molecular flexibility index (Phi) is 8.22. The molecule has 0 spiro atoms. The van der Waals surface area contributed by atoms with Gasteiger partial charge < -0.3 is 16.4 Å². The van der Waals surface area contributed by atoms with Gasteiger partial charge in [0.1, 0.15) is 5.82 Å². The molecule has 0 bridgehead atoms. The molecule has 34 heavy (non-hydrogen) atoms. The van der Waals surface area contributed by atoms with E-state index >= 15 is 0 Å². The SMILES string of the molecule is NC1CCC(CC2CCC(NC(=O)c3ccc(Cl)c(NC(=O)c4cccc(F)c4)c3)CC2)CC1. The highest BCUT2D eigenvalue weighted by Crippen LogP contribution is 2.35. The average molecular weight is 486 g/mol. The Hall–Kier alpha value is -2.44. The van der Waals surface area contributed by atoms with Crippen LogP contribution in [0.3, 0.4) is 0 Å². The van der Waals surface area contributed by atoms with E-state index in [-0.39, 0.29) is 17.5 Å². The van der Waals surface area contributed by atoms with Crippen LogP contribution in [-0.2, 0) is 0 Å². The van der Waals surface area contributed by atoms with Crippen molar-refractivity contribution in [2.24, 2.45) is 17.6 Å². The van der Waals surface area contributed by atoms with Crippen LogP contribution in [0.5, 0.6) is 0 Å². The van der Waals surface area contributed by atoms with Gasteiger partial charge in [0.2, 0.25) is 0 Å². The van der Waals surface area contributed by atoms with Gasteiger partial charge in [-0.05, 0) is 106 Å². The number of benzene rings is 2. The number of carbonyl (C=O) groups is 2. The quantitative estimate of drug-likeness (QED) is 0.474. The van der Waals surface area contributed by atoms with Crippen LogP contribution in [0.4, 0.5) is 10.1 Å². The number of rotatable bonds is 6. The molecule has 5 nitrogen and oxygen atoms in total. The molecule has 7 heteroatoms. The average Bonchev–Trinajstić information content (AvgIpc) is 2.83. The van der Waals surface area contributed by atoms with Gasteiger partial charge in [0, 0.05) is 23.2 Å². The smallest absolute Gasteiger partial charge is 0.255 e. The van der Waals surface area contributed by atoms with E-state index in [1.165, 1.54) is 37.5 Å². The Labute approximate surface area is 205 Å². The molecule has 0 heterocycles. The number of halogens is 2. The summed E-state index contributed by atoms with van der Waals surface area (Å²) in [4.78, 5) is 25.3. The van der Waals surface area contributed by atoms with Crippen LogP contribution < -0.4 is 16.4 Å². The highest BCUT2D eigenvalue weighted by molar-refractivity contribution is 6.34. The van der Waals surface area contributed by atoms with Gasteiger partial charge in [-0.15, -0.1) is 0 Å². The zero-order chi connectivity index (χ0) is 24.1. The molecule has 2 aromatic carbocycles. The molecule has 2 aliphatic rings. The molecule has 0 unspecified atom stereocenters. The molecule has 0 radical (unpaired) electrons. The summed E-state index contributed by atoms with van der Waals surface area (Å²) in [6.07, 6.45) is 10.4. The lowest BCUT2D eigenvalue weighted by molar-refractivity contribution is 0.0917. The van der Waals surface area contributed by atoms with Gasteiger partial charge in [-0.1, -0.05) is 17.7 Å². The first-order valence-corrected chi connectivity index (χ1v) is 12.7. The third-order valence-corrected chi connectivity index (χ3v) is 7.63. The van der Waals surface area contributed by atoms with E-state index < -0.39 is 11.7 Å². The van der Waals surface area contributed by atoms with Crippen molar-refractivity contribution in [1.82, 2.24) is 5.32 Å². The van der Waals surface area contributed by atoms with Crippen molar-refractivity contribution in [2.75, 3.05) is 5.32 Å². The molecule has 4 rings (SSSR count). The van der Waals surface area contributed by atoms with E-state index in [2.05, 4.69) is 10.6 Å². The van der Waals surface area contributed by atoms with Crippen molar-refractivity contribution in [3.63, 3.8) is 0 Å². The molecule has 0 saturated heterocycles. The zero-order valence-electron chi connectivity index (χ0n) is 19.4. The van der Waals surface area contributed by atoms with Gasteiger partial charge in [0.25, 0.3) is 11.8 Å². The lowest BCUT2D eigenvalue weighted by Gasteiger charge is -2.33. The van der Waals surface area contributed by atoms with E-state index in [0.29, 0.717) is 22.3 Å². The number of carbonyl (C=O) groups excluding carboxylic acids is 2. The minimum Gasteiger partial charge on any atom is -0.349 e. The summed E-state index contributed by atoms with van der Waals surface area (Å²) in [5, 5.41) is 6.13. The predicted molar refractivity (Wildman–Crippen MR) is 134 cm³/mol. The number of nitrogens with two attached hydrogens (primary N) is 1. The maximum Gasteiger partial charge on any atom is 0.255 e. The Morgan fingerprint density at radius 1 is 0.882 bits per heavy atom. The van der Waals surface area contributed by atoms with Crippen molar-refractivity contribution in [3.05, 3.63) is 64.4 Å². The zero-order valence-corrected chi connectivity index (χ0v) is 20.1. The minimum atomic E-state index is -0.496. The third-order valence-electron chi connectivity index (χ3n) is 7.30. The number of amides is 2. The molecule has 0 aliphatic heterocycles. The number of anilines is 1. The lowest BCUT2D eigenvalue weighted by atomic mass is 9.76. The van der Waals surface area contributed by atoms with Crippen LogP contribution in [0.25, 0.3) is 0 Å². The molecular formula is C27H33ClFN3O2. The maximum absolute atomic E-state index is 13.4. The van der Waals surface area contributed by atoms with E-state index in [1.807, 2.05) is 0 Å². The standard InChI is InChI=1S/C27H33ClFN3O2/c28-24-13-8-20(16-25(24)32-27(34)19-2-1-3-21(29)15-19)26(33)31-23-11-6-18(7-12-23)14-17-4-9-22(30)10-5-17/h1-3,8,13,15-18,22-23H,4-7,9-12,14,30H2,(H,31,33)(H,32,34). The van der Waals surface area contributed by atoms with Gasteiger partial charge in [-0.2, -0.15) is 0 Å². The molecule has 2 fully saturated rings. The van der Waals surface area contributed by atoms with Gasteiger partial charge >= 0.3 is 0 Å². The summed E-state index contributed by atoms with van der Waals surface area (Å²) in [7, 11) is 0. The topological polar surface area (TPSA) is 84.2 Å². The summed E-state index contributed by atoms with van der Waals surface area (Å²) in [6.45, 7) is 0. The van der Waals surface area contributed by atoms with Crippen molar-refractivity contribution < 1.29 is 14.0 Å². The highest BCUT2D eigenvalue weighted by atomic mass is 35.5. The third kappa shape index (κ3) is 6.57. The molecular weight excluding hydrogens is 453 g/mol. The molecule has 4 N–H and O–H groups in total. The largest absolute Gasteiger partial charge is 0.349 e. The fourth-order valence-electron chi connectivity index (χ4n) is 5.29. The number of hydrogen-bond donors (Lipinski definition) is 3. The molecule has 0 aromatic heterocycles. The first kappa shape index (κ1) is 24.7. The summed E-state index contributed by atoms with van der Waals surface area (Å²) in [5.74, 6) is 0.392. The van der Waals surface area contributed by atoms with Crippen LogP contribution >= 0.6 is 11.6 Å². The van der Waals surface area contributed by atoms with Gasteiger partial charge in [0.05, 0.1) is 10.7 Å². The molecule has 2 amide bonds. The highest BCUT2D eigenvalue weighted by Gasteiger charge is 2.27. The van der Waals surface area contributed by atoms with Crippen molar-refractivity contribution >= 4 is 29.1 Å². The molecule has 182 valence electrons. The second kappa shape index (κ2) is 11.3. The maximum atomic E-state index is 13.4. The van der Waals surface area contributed by atoms with Crippen LogP contribution in [0.15, 0.2) is 42.5 Å². The van der Waals surface area contributed by atoms with E-state index in [0.717, 1.165) is 56.4 Å². The van der Waals surface area contributed by atoms with Crippen LogP contribution in [0.1, 0.15) is 78.5 Å². The summed E-state index contributed by atoms with van der Waals surface area (Å²) in [5.41, 5.74) is 6.96. The normalized spacial score (nSPS) is 24.9. The summed E-state index contributed by atoms with van der Waals surface area (Å²) < 4.78 is 13.4. The van der Waals surface area contributed by atoms with Crippen LogP contribution in [0, 0.1) is 17.7 Å². The van der Waals surface area contributed by atoms with Crippen LogP contribution in [-0.4, -0.2) is 23.9 Å². The molecule has 2 saturated carbocycles. The van der Waals surface area contributed by atoms with Crippen molar-refractivity contribution in [1.29, 1.82) is 0 Å². The van der Waals surface area contributed by atoms with Gasteiger partial charge in [0.15, 0.2) is 0 Å². The predicted octanol–water partition coefficient (Wildman–Crippen LogP) is 5.93. The Bertz CT molecular complexity index is 1010. The number of nitrogens with one attached hydrogen (secondary N) is 2. The van der Waals surface area contributed by atoms with E-state index in [1.54, 1.807) is 18.2 Å². The van der Waals surface area contributed by atoms with Crippen molar-refractivity contribution in [3.8, 4) is 0 Å². The second-order valence-electron chi connectivity index (χ2n) is 9.87. The Balaban J connectivity index is 1.29. The molecule has 2 aromatic rings. The molecule has 2 aliphatic carbocycles. The van der Waals surface area contributed by atoms with Gasteiger partial charge in [-0.3, -0.25) is 9.59 Å². The first-order chi connectivity index (χ1) is 16.4. The minimum absolute atomic E-state index is 0.157.